The summed E-state index contributed by atoms with van der Waals surface area (Å²) in [5.74, 6) is 0.0824. The zero-order chi connectivity index (χ0) is 22.8. The van der Waals surface area contributed by atoms with E-state index in [1.165, 1.54) is 18.4 Å². The highest BCUT2D eigenvalue weighted by atomic mass is 35.5. The number of anilines is 2. The van der Waals surface area contributed by atoms with Crippen molar-refractivity contribution in [1.29, 1.82) is 0 Å². The Hall–Kier alpha value is -2.62. The Morgan fingerprint density at radius 3 is 2.81 bits per heavy atom. The number of methoxy groups -OCH3 is 1. The number of carbonyl (C=O) groups excluding carboxylic acids is 2. The molecule has 1 N–H and O–H groups in total. The summed E-state index contributed by atoms with van der Waals surface area (Å²) < 4.78 is 5.36. The molecule has 166 valence electrons. The summed E-state index contributed by atoms with van der Waals surface area (Å²) >= 11 is 9.07. The van der Waals surface area contributed by atoms with Crippen molar-refractivity contribution in [3.8, 4) is 5.75 Å². The van der Waals surface area contributed by atoms with Gasteiger partial charge in [-0.1, -0.05) is 29.0 Å². The molecule has 2 amide bonds. The summed E-state index contributed by atoms with van der Waals surface area (Å²) in [6.07, 6.45) is 2.29. The molecular weight excluding hydrogens is 468 g/mol. The normalized spacial score (nSPS) is 15.8. The van der Waals surface area contributed by atoms with Crippen molar-refractivity contribution >= 4 is 57.3 Å². The monoisotopic (exact) mass is 488 g/mol. The molecule has 2 aromatic carbocycles. The van der Waals surface area contributed by atoms with E-state index in [0.717, 1.165) is 16.1 Å². The maximum atomic E-state index is 12.7. The van der Waals surface area contributed by atoms with Gasteiger partial charge in [0, 0.05) is 34.5 Å². The van der Waals surface area contributed by atoms with Crippen LogP contribution in [0.2, 0.25) is 5.02 Å². The van der Waals surface area contributed by atoms with Gasteiger partial charge in [0.1, 0.15) is 10.8 Å². The minimum atomic E-state index is -0.323. The lowest BCUT2D eigenvalue weighted by molar-refractivity contribution is -0.117. The second-order valence-corrected chi connectivity index (χ2v) is 9.60. The van der Waals surface area contributed by atoms with Crippen molar-refractivity contribution in [2.24, 2.45) is 0 Å². The van der Waals surface area contributed by atoms with Crippen LogP contribution >= 0.6 is 34.7 Å². The maximum Gasteiger partial charge on any atom is 0.261 e. The number of ether oxygens (including phenoxy) is 1. The molecule has 0 aliphatic carbocycles. The van der Waals surface area contributed by atoms with Gasteiger partial charge in [0.15, 0.2) is 0 Å². The van der Waals surface area contributed by atoms with Gasteiger partial charge in [-0.25, -0.2) is 0 Å². The second kappa shape index (κ2) is 9.48. The number of hydrogen-bond acceptors (Lipinski definition) is 7. The quantitative estimate of drug-likeness (QED) is 0.491. The van der Waals surface area contributed by atoms with E-state index in [2.05, 4.69) is 15.5 Å². The molecule has 2 heterocycles. The van der Waals surface area contributed by atoms with Crippen molar-refractivity contribution < 1.29 is 14.3 Å². The molecule has 1 saturated heterocycles. The van der Waals surface area contributed by atoms with Crippen LogP contribution in [-0.2, 0) is 4.79 Å². The van der Waals surface area contributed by atoms with Crippen LogP contribution in [0.1, 0.15) is 33.3 Å². The first-order valence-corrected chi connectivity index (χ1v) is 12.2. The van der Waals surface area contributed by atoms with Gasteiger partial charge in [-0.3, -0.25) is 14.9 Å². The van der Waals surface area contributed by atoms with E-state index < -0.39 is 0 Å². The third kappa shape index (κ3) is 4.60. The fourth-order valence-corrected chi connectivity index (χ4v) is 4.91. The summed E-state index contributed by atoms with van der Waals surface area (Å²) in [6, 6.07) is 11.0. The largest absolute Gasteiger partial charge is 0.496 e. The number of nitrogens with zero attached hydrogens (tertiary/aromatic N) is 3. The van der Waals surface area contributed by atoms with Crippen LogP contribution in [0.15, 0.2) is 41.3 Å². The van der Waals surface area contributed by atoms with E-state index in [1.54, 1.807) is 28.8 Å². The van der Waals surface area contributed by atoms with E-state index in [-0.39, 0.29) is 17.7 Å². The highest BCUT2D eigenvalue weighted by molar-refractivity contribution is 7.98. The number of rotatable bonds is 6. The molecule has 10 heteroatoms. The smallest absolute Gasteiger partial charge is 0.261 e. The maximum absolute atomic E-state index is 12.7. The van der Waals surface area contributed by atoms with Gasteiger partial charge in [-0.2, -0.15) is 0 Å². The number of halogens is 1. The predicted molar refractivity (Wildman–Crippen MR) is 129 cm³/mol. The molecule has 1 aliphatic heterocycles. The molecule has 1 fully saturated rings. The SMILES string of the molecule is COc1cc(SC)ccc1C(=O)Nc1nnc(C2CC(=O)N(c3ccc(C)c(Cl)c3)C2)s1. The van der Waals surface area contributed by atoms with Gasteiger partial charge in [0.2, 0.25) is 11.0 Å². The summed E-state index contributed by atoms with van der Waals surface area (Å²) in [7, 11) is 1.53. The number of thioether (sulfide) groups is 1. The molecule has 1 unspecified atom stereocenters. The predicted octanol–water partition coefficient (Wildman–Crippen LogP) is 5.00. The Balaban J connectivity index is 1.47. The molecule has 0 saturated carbocycles. The Morgan fingerprint density at radius 2 is 2.09 bits per heavy atom. The van der Waals surface area contributed by atoms with Crippen molar-refractivity contribution in [2.45, 2.75) is 24.2 Å². The average molecular weight is 489 g/mol. The topological polar surface area (TPSA) is 84.4 Å². The highest BCUT2D eigenvalue weighted by Gasteiger charge is 2.34. The molecule has 32 heavy (non-hydrogen) atoms. The third-order valence-electron chi connectivity index (χ3n) is 5.26. The van der Waals surface area contributed by atoms with Crippen molar-refractivity contribution in [3.63, 3.8) is 0 Å². The number of aryl methyl sites for hydroxylation is 1. The lowest BCUT2D eigenvalue weighted by Crippen LogP contribution is -2.24. The average Bonchev–Trinajstić information content (AvgIpc) is 3.41. The number of hydrogen-bond donors (Lipinski definition) is 1. The highest BCUT2D eigenvalue weighted by Crippen LogP contribution is 2.35. The summed E-state index contributed by atoms with van der Waals surface area (Å²) in [4.78, 5) is 28.1. The minimum absolute atomic E-state index is 0.00863. The number of amides is 2. The number of nitrogens with one attached hydrogen (secondary N) is 1. The Bertz CT molecular complexity index is 1180. The van der Waals surface area contributed by atoms with E-state index >= 15 is 0 Å². The molecular formula is C22H21ClN4O3S2. The van der Waals surface area contributed by atoms with Crippen LogP contribution in [0.25, 0.3) is 0 Å². The summed E-state index contributed by atoms with van der Waals surface area (Å²) in [5, 5.41) is 12.8. The Kier molecular flexibility index (Phi) is 6.68. The molecule has 1 aliphatic rings. The Morgan fingerprint density at radius 1 is 1.28 bits per heavy atom. The van der Waals surface area contributed by atoms with Crippen LogP contribution in [-0.4, -0.2) is 41.9 Å². The van der Waals surface area contributed by atoms with Crippen LogP contribution in [0.4, 0.5) is 10.8 Å². The first kappa shape index (κ1) is 22.6. The molecule has 7 nitrogen and oxygen atoms in total. The van der Waals surface area contributed by atoms with Gasteiger partial charge in [-0.05, 0) is 49.1 Å². The molecule has 1 aromatic heterocycles. The molecule has 0 spiro atoms. The number of aromatic nitrogens is 2. The molecule has 0 radical (unpaired) electrons. The van der Waals surface area contributed by atoms with Crippen molar-refractivity contribution in [2.75, 3.05) is 30.1 Å². The van der Waals surface area contributed by atoms with E-state index in [9.17, 15) is 9.59 Å². The van der Waals surface area contributed by atoms with Crippen molar-refractivity contribution in [3.05, 3.63) is 57.6 Å². The van der Waals surface area contributed by atoms with Gasteiger partial charge in [0.25, 0.3) is 5.91 Å². The Labute approximate surface area is 199 Å². The van der Waals surface area contributed by atoms with Gasteiger partial charge < -0.3 is 9.64 Å². The fraction of sp³-hybridized carbons (Fsp3) is 0.273. The number of carbonyl (C=O) groups is 2. The second-order valence-electron chi connectivity index (χ2n) is 7.30. The molecule has 1 atom stereocenters. The molecule has 0 bridgehead atoms. The van der Waals surface area contributed by atoms with Gasteiger partial charge in [0.05, 0.1) is 12.7 Å². The summed E-state index contributed by atoms with van der Waals surface area (Å²) in [5.41, 5.74) is 2.15. The lowest BCUT2D eigenvalue weighted by atomic mass is 10.1. The van der Waals surface area contributed by atoms with Crippen molar-refractivity contribution in [1.82, 2.24) is 10.2 Å². The van der Waals surface area contributed by atoms with E-state index in [4.69, 9.17) is 16.3 Å². The third-order valence-corrected chi connectivity index (χ3v) is 7.39. The number of benzene rings is 2. The van der Waals surface area contributed by atoms with Crippen LogP contribution < -0.4 is 15.0 Å². The first-order chi connectivity index (χ1) is 15.4. The standard InChI is InChI=1S/C22H21ClN4O3S2/c1-12-4-5-14(9-17(12)23)27-11-13(8-19(27)28)21-25-26-22(32-21)24-20(29)16-7-6-15(31-3)10-18(16)30-2/h4-7,9-10,13H,8,11H2,1-3H3,(H,24,26,29). The van der Waals surface area contributed by atoms with Crippen LogP contribution in [0.5, 0.6) is 5.75 Å². The zero-order valence-corrected chi connectivity index (χ0v) is 20.1. The van der Waals surface area contributed by atoms with Gasteiger partial charge >= 0.3 is 0 Å². The zero-order valence-electron chi connectivity index (χ0n) is 17.7. The molecule has 4 rings (SSSR count). The fourth-order valence-electron chi connectivity index (χ4n) is 3.47. The first-order valence-electron chi connectivity index (χ1n) is 9.83. The van der Waals surface area contributed by atoms with E-state index in [0.29, 0.717) is 39.4 Å². The van der Waals surface area contributed by atoms with Crippen LogP contribution in [0.3, 0.4) is 0 Å². The lowest BCUT2D eigenvalue weighted by Gasteiger charge is -2.17. The van der Waals surface area contributed by atoms with Gasteiger partial charge in [-0.15, -0.1) is 22.0 Å². The van der Waals surface area contributed by atoms with E-state index in [1.807, 2.05) is 37.4 Å². The summed E-state index contributed by atoms with van der Waals surface area (Å²) in [6.45, 7) is 2.41. The van der Waals surface area contributed by atoms with Crippen LogP contribution in [0, 0.1) is 6.92 Å². The molecule has 3 aromatic rings. The minimum Gasteiger partial charge on any atom is -0.496 e.